The molecule has 0 aliphatic carbocycles. The summed E-state index contributed by atoms with van der Waals surface area (Å²) in [7, 11) is 0. The maximum absolute atomic E-state index is 12.7. The van der Waals surface area contributed by atoms with Crippen molar-refractivity contribution >= 4 is 11.2 Å². The number of nitriles is 1. The standard InChI is InChI=1S/C10H11F8NOS/c1-7(6-19,21(20)5-4-9(13,14)15)2-3-8(11,12)10(16,17)18/h2-5H2,1H3. The maximum atomic E-state index is 12.7. The number of rotatable bonds is 6. The lowest BCUT2D eigenvalue weighted by molar-refractivity contribution is -0.284. The molecule has 2 atom stereocenters. The van der Waals surface area contributed by atoms with E-state index in [-0.39, 0.29) is 0 Å². The summed E-state index contributed by atoms with van der Waals surface area (Å²) in [5, 5.41) is 8.73. The van der Waals surface area contributed by atoms with Crippen molar-refractivity contribution in [1.82, 2.24) is 0 Å². The average molecular weight is 345 g/mol. The molecule has 0 saturated carbocycles. The van der Waals surface area contributed by atoms with E-state index in [0.29, 0.717) is 0 Å². The number of hydrogen-bond acceptors (Lipinski definition) is 2. The minimum Gasteiger partial charge on any atom is -0.615 e. The molecule has 0 aromatic heterocycles. The molecule has 0 N–H and O–H groups in total. The van der Waals surface area contributed by atoms with Gasteiger partial charge < -0.3 is 4.55 Å². The van der Waals surface area contributed by atoms with Gasteiger partial charge in [-0.2, -0.15) is 40.4 Å². The Labute approximate surface area is 118 Å². The molecule has 0 aromatic carbocycles. The van der Waals surface area contributed by atoms with Gasteiger partial charge in [0.05, 0.1) is 6.42 Å². The molecular formula is C10H11F8NOS. The Hall–Kier alpha value is -0.760. The van der Waals surface area contributed by atoms with Crippen LogP contribution < -0.4 is 0 Å². The molecule has 0 fully saturated rings. The Balaban J connectivity index is 4.79. The fraction of sp³-hybridized carbons (Fsp3) is 0.900. The molecule has 0 radical (unpaired) electrons. The Kier molecular flexibility index (Phi) is 6.32. The second kappa shape index (κ2) is 6.56. The van der Waals surface area contributed by atoms with Gasteiger partial charge in [-0.1, -0.05) is 0 Å². The van der Waals surface area contributed by atoms with Crippen LogP contribution in [0.5, 0.6) is 0 Å². The van der Waals surface area contributed by atoms with E-state index in [4.69, 9.17) is 5.26 Å². The van der Waals surface area contributed by atoms with Crippen molar-refractivity contribution < 1.29 is 39.7 Å². The molecule has 0 spiro atoms. The average Bonchev–Trinajstić information content (AvgIpc) is 2.30. The smallest absolute Gasteiger partial charge is 0.453 e. The SMILES string of the molecule is CC(C#N)(CCC(F)(F)C(F)(F)F)[S+]([O-])CCC(F)(F)F. The molecule has 0 amide bonds. The monoisotopic (exact) mass is 345 g/mol. The summed E-state index contributed by atoms with van der Waals surface area (Å²) >= 11 is -2.51. The van der Waals surface area contributed by atoms with Gasteiger partial charge in [-0.25, -0.2) is 0 Å². The molecule has 2 unspecified atom stereocenters. The van der Waals surface area contributed by atoms with E-state index in [9.17, 15) is 39.7 Å². The Morgan fingerprint density at radius 3 is 1.76 bits per heavy atom. The number of hydrogen-bond donors (Lipinski definition) is 0. The van der Waals surface area contributed by atoms with E-state index in [2.05, 4.69) is 0 Å². The summed E-state index contributed by atoms with van der Waals surface area (Å²) in [6.45, 7) is 0.798. The van der Waals surface area contributed by atoms with Gasteiger partial charge >= 0.3 is 18.3 Å². The fourth-order valence-electron chi connectivity index (χ4n) is 1.19. The summed E-state index contributed by atoms with van der Waals surface area (Å²) in [4.78, 5) is 0. The van der Waals surface area contributed by atoms with Gasteiger partial charge in [-0.05, 0) is 11.2 Å². The third-order valence-corrected chi connectivity index (χ3v) is 4.52. The quantitative estimate of drug-likeness (QED) is 0.541. The van der Waals surface area contributed by atoms with Crippen LogP contribution in [0.3, 0.4) is 0 Å². The Morgan fingerprint density at radius 2 is 1.43 bits per heavy atom. The summed E-state index contributed by atoms with van der Waals surface area (Å²) in [5.74, 6) is -6.13. The molecule has 0 bridgehead atoms. The predicted molar refractivity (Wildman–Crippen MR) is 57.9 cm³/mol. The lowest BCUT2D eigenvalue weighted by Crippen LogP contribution is -2.42. The number of halogens is 8. The first kappa shape index (κ1) is 20.2. The van der Waals surface area contributed by atoms with Crippen molar-refractivity contribution in [2.75, 3.05) is 5.75 Å². The van der Waals surface area contributed by atoms with E-state index >= 15 is 0 Å². The van der Waals surface area contributed by atoms with Gasteiger partial charge in [0.15, 0.2) is 0 Å². The molecule has 0 aromatic rings. The van der Waals surface area contributed by atoms with Crippen molar-refractivity contribution in [2.24, 2.45) is 0 Å². The fourth-order valence-corrected chi connectivity index (χ4v) is 2.49. The molecule has 0 aliphatic rings. The first-order valence-corrected chi connectivity index (χ1v) is 6.77. The minimum atomic E-state index is -5.84. The van der Waals surface area contributed by atoms with E-state index in [1.165, 1.54) is 6.07 Å². The van der Waals surface area contributed by atoms with Crippen molar-refractivity contribution in [3.05, 3.63) is 0 Å². The van der Waals surface area contributed by atoms with Crippen molar-refractivity contribution in [1.29, 1.82) is 5.26 Å². The van der Waals surface area contributed by atoms with E-state index in [1.54, 1.807) is 0 Å². The maximum Gasteiger partial charge on any atom is 0.453 e. The van der Waals surface area contributed by atoms with Gasteiger partial charge in [0, 0.05) is 19.8 Å². The first-order chi connectivity index (χ1) is 9.15. The molecule has 11 heteroatoms. The van der Waals surface area contributed by atoms with E-state index in [0.717, 1.165) is 6.92 Å². The van der Waals surface area contributed by atoms with Crippen LogP contribution >= 0.6 is 0 Å². The second-order valence-corrected chi connectivity index (χ2v) is 6.46. The van der Waals surface area contributed by atoms with Crippen LogP contribution in [0.4, 0.5) is 35.1 Å². The van der Waals surface area contributed by atoms with Gasteiger partial charge in [0.2, 0.25) is 4.75 Å². The Morgan fingerprint density at radius 1 is 0.952 bits per heavy atom. The molecule has 0 heterocycles. The zero-order valence-corrected chi connectivity index (χ0v) is 11.4. The zero-order valence-electron chi connectivity index (χ0n) is 10.6. The highest BCUT2D eigenvalue weighted by molar-refractivity contribution is 7.93. The Bertz CT molecular complexity index is 388. The summed E-state index contributed by atoms with van der Waals surface area (Å²) in [6.07, 6.45) is -15.0. The minimum absolute atomic E-state index is 0.798. The second-order valence-electron chi connectivity index (χ2n) is 4.46. The lowest BCUT2D eigenvalue weighted by Gasteiger charge is -2.28. The zero-order chi connectivity index (χ0) is 17.1. The number of alkyl halides is 8. The molecule has 21 heavy (non-hydrogen) atoms. The molecule has 0 rings (SSSR count). The van der Waals surface area contributed by atoms with Crippen LogP contribution in [0.25, 0.3) is 0 Å². The normalized spacial score (nSPS) is 18.0. The highest BCUT2D eigenvalue weighted by atomic mass is 32.2. The lowest BCUT2D eigenvalue weighted by atomic mass is 10.0. The van der Waals surface area contributed by atoms with Gasteiger partial charge in [-0.3, -0.25) is 0 Å². The van der Waals surface area contributed by atoms with E-state index in [1.807, 2.05) is 0 Å². The highest BCUT2D eigenvalue weighted by Gasteiger charge is 2.58. The van der Waals surface area contributed by atoms with Gasteiger partial charge in [0.1, 0.15) is 11.8 Å². The predicted octanol–water partition coefficient (Wildman–Crippen LogP) is 3.95. The third kappa shape index (κ3) is 6.25. The third-order valence-electron chi connectivity index (χ3n) is 2.64. The molecule has 0 saturated heterocycles. The molecular weight excluding hydrogens is 334 g/mol. The van der Waals surface area contributed by atoms with Crippen LogP contribution in [-0.4, -0.2) is 33.3 Å². The first-order valence-electron chi connectivity index (χ1n) is 5.46. The summed E-state index contributed by atoms with van der Waals surface area (Å²) < 4.78 is 107. The van der Waals surface area contributed by atoms with Gasteiger partial charge in [0.25, 0.3) is 0 Å². The summed E-state index contributed by atoms with van der Waals surface area (Å²) in [5.41, 5.74) is 0. The summed E-state index contributed by atoms with van der Waals surface area (Å²) in [6, 6.07) is 1.27. The van der Waals surface area contributed by atoms with Gasteiger partial charge in [-0.15, -0.1) is 0 Å². The topological polar surface area (TPSA) is 46.8 Å². The largest absolute Gasteiger partial charge is 0.615 e. The van der Waals surface area contributed by atoms with Crippen LogP contribution in [0.15, 0.2) is 0 Å². The molecule has 0 aliphatic heterocycles. The van der Waals surface area contributed by atoms with Crippen LogP contribution in [-0.2, 0) is 11.2 Å². The molecule has 124 valence electrons. The van der Waals surface area contributed by atoms with Crippen LogP contribution in [0.2, 0.25) is 0 Å². The van der Waals surface area contributed by atoms with Crippen molar-refractivity contribution in [3.8, 4) is 6.07 Å². The number of nitrogens with zero attached hydrogens (tertiary/aromatic N) is 1. The molecule has 2 nitrogen and oxygen atoms in total. The van der Waals surface area contributed by atoms with Crippen LogP contribution in [0, 0.1) is 11.3 Å². The highest BCUT2D eigenvalue weighted by Crippen LogP contribution is 2.41. The van der Waals surface area contributed by atoms with Crippen LogP contribution in [0.1, 0.15) is 26.2 Å². The van der Waals surface area contributed by atoms with Crippen molar-refractivity contribution in [3.63, 3.8) is 0 Å². The van der Waals surface area contributed by atoms with E-state index < -0.39 is 59.2 Å². The van der Waals surface area contributed by atoms with Crippen molar-refractivity contribution in [2.45, 2.75) is 49.2 Å².